The van der Waals surface area contributed by atoms with Gasteiger partial charge in [-0.3, -0.25) is 4.79 Å². The molecule has 0 saturated heterocycles. The molecule has 22 heavy (non-hydrogen) atoms. The minimum absolute atomic E-state index is 0.493. The lowest BCUT2D eigenvalue weighted by Crippen LogP contribution is -2.04. The lowest BCUT2D eigenvalue weighted by Gasteiger charge is -2.03. The van der Waals surface area contributed by atoms with E-state index in [0.717, 1.165) is 27.9 Å². The largest absolute Gasteiger partial charge is 0.481 e. The summed E-state index contributed by atoms with van der Waals surface area (Å²) < 4.78 is 5.14. The molecular formula is C16H14N4O2. The Hall–Kier alpha value is -3.15. The Kier molecular flexibility index (Phi) is 3.57. The molecular weight excluding hydrogens is 280 g/mol. The maximum atomic E-state index is 10.9. The van der Waals surface area contributed by atoms with Crippen molar-refractivity contribution in [3.63, 3.8) is 0 Å². The fourth-order valence-corrected chi connectivity index (χ4v) is 2.16. The molecule has 0 bridgehead atoms. The highest BCUT2D eigenvalue weighted by Crippen LogP contribution is 2.25. The van der Waals surface area contributed by atoms with Gasteiger partial charge in [-0.05, 0) is 18.2 Å². The summed E-state index contributed by atoms with van der Waals surface area (Å²) in [5.41, 5.74) is 8.33. The molecule has 0 spiro atoms. The number of amides is 1. The van der Waals surface area contributed by atoms with E-state index in [1.165, 1.54) is 6.08 Å². The van der Waals surface area contributed by atoms with Gasteiger partial charge in [0.05, 0.1) is 12.8 Å². The van der Waals surface area contributed by atoms with Crippen molar-refractivity contribution in [2.45, 2.75) is 0 Å². The van der Waals surface area contributed by atoms with Crippen molar-refractivity contribution in [3.8, 4) is 17.1 Å². The molecule has 0 aliphatic heterocycles. The third-order valence-corrected chi connectivity index (χ3v) is 3.22. The van der Waals surface area contributed by atoms with Crippen molar-refractivity contribution in [2.75, 3.05) is 7.11 Å². The lowest BCUT2D eigenvalue weighted by molar-refractivity contribution is -0.113. The van der Waals surface area contributed by atoms with E-state index in [-0.39, 0.29) is 0 Å². The maximum Gasteiger partial charge on any atom is 0.241 e. The summed E-state index contributed by atoms with van der Waals surface area (Å²) in [6.07, 6.45) is 6.49. The van der Waals surface area contributed by atoms with E-state index in [1.807, 2.05) is 18.2 Å². The molecule has 3 rings (SSSR count). The Morgan fingerprint density at radius 2 is 2.27 bits per heavy atom. The highest BCUT2D eigenvalue weighted by molar-refractivity contribution is 5.95. The molecule has 110 valence electrons. The van der Waals surface area contributed by atoms with Crippen molar-refractivity contribution in [3.05, 3.63) is 48.3 Å². The maximum absolute atomic E-state index is 10.9. The Balaban J connectivity index is 2.08. The smallest absolute Gasteiger partial charge is 0.241 e. The van der Waals surface area contributed by atoms with E-state index in [2.05, 4.69) is 15.0 Å². The number of hydrogen-bond acceptors (Lipinski definition) is 4. The molecule has 0 aliphatic rings. The van der Waals surface area contributed by atoms with Crippen LogP contribution in [-0.4, -0.2) is 28.0 Å². The second-order valence-corrected chi connectivity index (χ2v) is 4.67. The van der Waals surface area contributed by atoms with E-state index >= 15 is 0 Å². The highest BCUT2D eigenvalue weighted by atomic mass is 16.5. The van der Waals surface area contributed by atoms with Crippen LogP contribution in [-0.2, 0) is 4.79 Å². The Morgan fingerprint density at radius 3 is 3.05 bits per heavy atom. The van der Waals surface area contributed by atoms with E-state index < -0.39 is 5.91 Å². The van der Waals surface area contributed by atoms with Gasteiger partial charge < -0.3 is 15.5 Å². The molecule has 0 fully saturated rings. The quantitative estimate of drug-likeness (QED) is 0.721. The van der Waals surface area contributed by atoms with Gasteiger partial charge in [-0.1, -0.05) is 6.07 Å². The molecule has 0 atom stereocenters. The molecule has 0 unspecified atom stereocenters. The van der Waals surface area contributed by atoms with Crippen molar-refractivity contribution < 1.29 is 9.53 Å². The monoisotopic (exact) mass is 294 g/mol. The Labute approximate surface area is 126 Å². The molecule has 1 amide bonds. The van der Waals surface area contributed by atoms with Crippen LogP contribution >= 0.6 is 0 Å². The van der Waals surface area contributed by atoms with Gasteiger partial charge >= 0.3 is 0 Å². The number of nitrogens with zero attached hydrogens (tertiary/aromatic N) is 2. The van der Waals surface area contributed by atoms with Crippen LogP contribution < -0.4 is 10.5 Å². The zero-order valence-corrected chi connectivity index (χ0v) is 11.9. The molecule has 0 radical (unpaired) electrons. The van der Waals surface area contributed by atoms with E-state index in [0.29, 0.717) is 5.88 Å². The van der Waals surface area contributed by atoms with E-state index in [9.17, 15) is 4.79 Å². The number of carbonyl (C=O) groups excluding carboxylic acids is 1. The van der Waals surface area contributed by atoms with Crippen molar-refractivity contribution in [1.82, 2.24) is 15.0 Å². The molecule has 3 N–H and O–H groups in total. The zero-order valence-electron chi connectivity index (χ0n) is 11.9. The summed E-state index contributed by atoms with van der Waals surface area (Å²) in [6, 6.07) is 7.50. The predicted octanol–water partition coefficient (Wildman–Crippen LogP) is 2.13. The number of rotatable bonds is 4. The Bertz CT molecular complexity index is 867. The number of hydrogen-bond donors (Lipinski definition) is 2. The summed E-state index contributed by atoms with van der Waals surface area (Å²) >= 11 is 0. The molecule has 3 aromatic heterocycles. The van der Waals surface area contributed by atoms with Crippen LogP contribution in [0.4, 0.5) is 0 Å². The molecule has 3 heterocycles. The standard InChI is InChI=1S/C16H14N4O2/c1-22-15-4-2-3-13(20-15)11-7-12-10(5-6-14(17)21)8-18-16(12)19-9-11/h2-9H,1H3,(H2,17,21)(H,18,19)/b6-5+. The molecule has 3 aromatic rings. The van der Waals surface area contributed by atoms with Gasteiger partial charge in [-0.15, -0.1) is 0 Å². The topological polar surface area (TPSA) is 93.9 Å². The minimum atomic E-state index is -0.493. The predicted molar refractivity (Wildman–Crippen MR) is 84.1 cm³/mol. The second-order valence-electron chi connectivity index (χ2n) is 4.67. The van der Waals surface area contributed by atoms with Crippen molar-refractivity contribution >= 4 is 23.0 Å². The van der Waals surface area contributed by atoms with Gasteiger partial charge in [0, 0.05) is 41.0 Å². The molecule has 6 nitrogen and oxygen atoms in total. The normalized spacial score (nSPS) is 11.1. The fraction of sp³-hybridized carbons (Fsp3) is 0.0625. The first-order valence-corrected chi connectivity index (χ1v) is 6.63. The van der Waals surface area contributed by atoms with Gasteiger partial charge in [0.2, 0.25) is 11.8 Å². The molecule has 6 heteroatoms. The fourth-order valence-electron chi connectivity index (χ4n) is 2.16. The summed E-state index contributed by atoms with van der Waals surface area (Å²) in [5, 5.41) is 0.889. The highest BCUT2D eigenvalue weighted by Gasteiger charge is 2.07. The number of ether oxygens (including phenoxy) is 1. The number of primary amides is 1. The van der Waals surface area contributed by atoms with Crippen LogP contribution in [0.15, 0.2) is 42.7 Å². The first kappa shape index (κ1) is 13.8. The van der Waals surface area contributed by atoms with Crippen LogP contribution in [0.5, 0.6) is 5.88 Å². The number of methoxy groups -OCH3 is 1. The number of pyridine rings is 2. The van der Waals surface area contributed by atoms with Crippen LogP contribution in [0, 0.1) is 0 Å². The van der Waals surface area contributed by atoms with E-state index in [1.54, 1.807) is 31.6 Å². The van der Waals surface area contributed by atoms with Crippen LogP contribution in [0.1, 0.15) is 5.56 Å². The number of carbonyl (C=O) groups is 1. The summed E-state index contributed by atoms with van der Waals surface area (Å²) in [7, 11) is 1.58. The van der Waals surface area contributed by atoms with Crippen molar-refractivity contribution in [2.24, 2.45) is 5.73 Å². The van der Waals surface area contributed by atoms with Crippen molar-refractivity contribution in [1.29, 1.82) is 0 Å². The number of aromatic amines is 1. The molecule has 0 aliphatic carbocycles. The number of aromatic nitrogens is 3. The van der Waals surface area contributed by atoms with Gasteiger partial charge in [-0.2, -0.15) is 0 Å². The average Bonchev–Trinajstić information content (AvgIpc) is 2.95. The van der Waals surface area contributed by atoms with E-state index in [4.69, 9.17) is 10.5 Å². The van der Waals surface area contributed by atoms with Gasteiger partial charge in [-0.25, -0.2) is 9.97 Å². The van der Waals surface area contributed by atoms with Crippen LogP contribution in [0.3, 0.4) is 0 Å². The average molecular weight is 294 g/mol. The first-order chi connectivity index (χ1) is 10.7. The molecule has 0 saturated carbocycles. The third-order valence-electron chi connectivity index (χ3n) is 3.22. The van der Waals surface area contributed by atoms with Gasteiger partial charge in [0.1, 0.15) is 5.65 Å². The minimum Gasteiger partial charge on any atom is -0.481 e. The van der Waals surface area contributed by atoms with Crippen LogP contribution in [0.2, 0.25) is 0 Å². The number of nitrogens with one attached hydrogen (secondary N) is 1. The first-order valence-electron chi connectivity index (χ1n) is 6.63. The summed E-state index contributed by atoms with van der Waals surface area (Å²) in [4.78, 5) is 22.7. The lowest BCUT2D eigenvalue weighted by atomic mass is 10.1. The summed E-state index contributed by atoms with van der Waals surface area (Å²) in [5.74, 6) is 0.0495. The third kappa shape index (κ3) is 2.67. The van der Waals surface area contributed by atoms with Crippen LogP contribution in [0.25, 0.3) is 28.4 Å². The number of H-pyrrole nitrogens is 1. The van der Waals surface area contributed by atoms with Gasteiger partial charge in [0.25, 0.3) is 0 Å². The SMILES string of the molecule is COc1cccc(-c2cnc3[nH]cc(/C=C/C(N)=O)c3c2)n1. The summed E-state index contributed by atoms with van der Waals surface area (Å²) in [6.45, 7) is 0. The molecule has 0 aromatic carbocycles. The van der Waals surface area contributed by atoms with Gasteiger partial charge in [0.15, 0.2) is 0 Å². The number of nitrogens with two attached hydrogens (primary N) is 1. The zero-order chi connectivity index (χ0) is 15.5. The second kappa shape index (κ2) is 5.69. The Morgan fingerprint density at radius 1 is 1.41 bits per heavy atom. The number of fused-ring (bicyclic) bond motifs is 1.